The molecule has 29 heavy (non-hydrogen) atoms. The van der Waals surface area contributed by atoms with Gasteiger partial charge in [-0.1, -0.05) is 73.5 Å². The van der Waals surface area contributed by atoms with Crippen LogP contribution in [0.2, 0.25) is 0 Å². The average molecular weight is 395 g/mol. The van der Waals surface area contributed by atoms with Crippen LogP contribution >= 0.6 is 0 Å². The Kier molecular flexibility index (Phi) is 7.33. The standard InChI is InChI=1S/C25H34N2O2/c28-23(20-29-24-13-7-8-14-24)19-26-15-17-27(18-16-26)25(21-9-3-1-4-10-21)22-11-5-2-6-12-22/h1-6,9-12,23-25,28H,7-8,13-20H2/t23-/m1/s1. The van der Waals surface area contributed by atoms with Gasteiger partial charge in [-0.2, -0.15) is 0 Å². The van der Waals surface area contributed by atoms with Crippen molar-refractivity contribution in [3.63, 3.8) is 0 Å². The summed E-state index contributed by atoms with van der Waals surface area (Å²) in [7, 11) is 0. The van der Waals surface area contributed by atoms with Crippen molar-refractivity contribution in [3.05, 3.63) is 71.8 Å². The highest BCUT2D eigenvalue weighted by atomic mass is 16.5. The van der Waals surface area contributed by atoms with Gasteiger partial charge in [0.2, 0.25) is 0 Å². The highest BCUT2D eigenvalue weighted by Gasteiger charge is 2.27. The number of benzene rings is 2. The van der Waals surface area contributed by atoms with E-state index in [1.807, 2.05) is 0 Å². The predicted molar refractivity (Wildman–Crippen MR) is 117 cm³/mol. The normalized spacial score (nSPS) is 20.3. The van der Waals surface area contributed by atoms with Crippen LogP contribution in [0.5, 0.6) is 0 Å². The second-order valence-electron chi connectivity index (χ2n) is 8.45. The lowest BCUT2D eigenvalue weighted by Gasteiger charge is -2.40. The Bertz CT molecular complexity index is 671. The van der Waals surface area contributed by atoms with Crippen molar-refractivity contribution in [3.8, 4) is 0 Å². The zero-order chi connectivity index (χ0) is 19.9. The van der Waals surface area contributed by atoms with E-state index in [1.54, 1.807) is 0 Å². The van der Waals surface area contributed by atoms with Gasteiger partial charge in [-0.05, 0) is 24.0 Å². The highest BCUT2D eigenvalue weighted by molar-refractivity contribution is 5.31. The molecule has 4 rings (SSSR count). The fraction of sp³-hybridized carbons (Fsp3) is 0.520. The van der Waals surface area contributed by atoms with Gasteiger partial charge < -0.3 is 9.84 Å². The topological polar surface area (TPSA) is 35.9 Å². The van der Waals surface area contributed by atoms with E-state index in [0.29, 0.717) is 19.3 Å². The lowest BCUT2D eigenvalue weighted by atomic mass is 9.96. The smallest absolute Gasteiger partial charge is 0.0900 e. The molecule has 1 saturated carbocycles. The summed E-state index contributed by atoms with van der Waals surface area (Å²) in [6.45, 7) is 5.16. The monoisotopic (exact) mass is 394 g/mol. The van der Waals surface area contributed by atoms with E-state index in [1.165, 1.54) is 24.0 Å². The molecule has 0 bridgehead atoms. The molecule has 1 aliphatic carbocycles. The summed E-state index contributed by atoms with van der Waals surface area (Å²) >= 11 is 0. The second-order valence-corrected chi connectivity index (χ2v) is 8.45. The second kappa shape index (κ2) is 10.4. The Morgan fingerprint density at radius 3 is 1.93 bits per heavy atom. The Balaban J connectivity index is 1.32. The molecule has 0 radical (unpaired) electrons. The van der Waals surface area contributed by atoms with Crippen molar-refractivity contribution in [2.45, 2.75) is 43.9 Å². The zero-order valence-electron chi connectivity index (χ0n) is 17.3. The molecule has 2 aliphatic rings. The van der Waals surface area contributed by atoms with E-state index >= 15 is 0 Å². The molecular weight excluding hydrogens is 360 g/mol. The van der Waals surface area contributed by atoms with E-state index in [0.717, 1.165) is 39.0 Å². The molecule has 0 amide bonds. The van der Waals surface area contributed by atoms with Crippen LogP contribution in [0.4, 0.5) is 0 Å². The number of piperazine rings is 1. The lowest BCUT2D eigenvalue weighted by Crippen LogP contribution is -2.50. The van der Waals surface area contributed by atoms with Crippen LogP contribution < -0.4 is 0 Å². The summed E-state index contributed by atoms with van der Waals surface area (Å²) in [6, 6.07) is 21.9. The third-order valence-corrected chi connectivity index (χ3v) is 6.30. The molecule has 2 aromatic carbocycles. The minimum Gasteiger partial charge on any atom is -0.389 e. The maximum atomic E-state index is 10.4. The number of nitrogens with zero attached hydrogens (tertiary/aromatic N) is 2. The molecule has 4 nitrogen and oxygen atoms in total. The molecule has 2 aromatic rings. The van der Waals surface area contributed by atoms with Gasteiger partial charge in [0.15, 0.2) is 0 Å². The summed E-state index contributed by atoms with van der Waals surface area (Å²) in [6.07, 6.45) is 4.84. The van der Waals surface area contributed by atoms with Gasteiger partial charge in [0.05, 0.1) is 24.9 Å². The number of hydrogen-bond donors (Lipinski definition) is 1. The third-order valence-electron chi connectivity index (χ3n) is 6.30. The first-order valence-electron chi connectivity index (χ1n) is 11.2. The molecule has 0 aromatic heterocycles. The van der Waals surface area contributed by atoms with Crippen LogP contribution in [0.1, 0.15) is 42.9 Å². The van der Waals surface area contributed by atoms with Crippen LogP contribution in [-0.2, 0) is 4.74 Å². The average Bonchev–Trinajstić information content (AvgIpc) is 3.29. The fourth-order valence-electron chi connectivity index (χ4n) is 4.74. The maximum absolute atomic E-state index is 10.4. The quantitative estimate of drug-likeness (QED) is 0.740. The van der Waals surface area contributed by atoms with Crippen molar-refractivity contribution in [2.24, 2.45) is 0 Å². The predicted octanol–water partition coefficient (Wildman–Crippen LogP) is 3.71. The molecule has 0 spiro atoms. The number of aliphatic hydroxyl groups is 1. The number of aliphatic hydroxyl groups excluding tert-OH is 1. The Labute approximate surface area is 175 Å². The Morgan fingerprint density at radius 2 is 1.38 bits per heavy atom. The largest absolute Gasteiger partial charge is 0.389 e. The molecule has 1 aliphatic heterocycles. The number of rotatable bonds is 8. The van der Waals surface area contributed by atoms with Gasteiger partial charge >= 0.3 is 0 Å². The maximum Gasteiger partial charge on any atom is 0.0900 e. The van der Waals surface area contributed by atoms with Crippen molar-refractivity contribution in [1.29, 1.82) is 0 Å². The van der Waals surface area contributed by atoms with E-state index in [4.69, 9.17) is 4.74 Å². The summed E-state index contributed by atoms with van der Waals surface area (Å²) in [5.41, 5.74) is 2.69. The molecule has 1 heterocycles. The molecule has 1 saturated heterocycles. The Morgan fingerprint density at radius 1 is 0.828 bits per heavy atom. The van der Waals surface area contributed by atoms with Gasteiger partial charge in [0.1, 0.15) is 0 Å². The molecular formula is C25H34N2O2. The van der Waals surface area contributed by atoms with E-state index in [2.05, 4.69) is 70.5 Å². The van der Waals surface area contributed by atoms with Crippen LogP contribution in [-0.4, -0.2) is 66.4 Å². The van der Waals surface area contributed by atoms with Gasteiger partial charge in [0, 0.05) is 32.7 Å². The first-order valence-corrected chi connectivity index (χ1v) is 11.2. The molecule has 4 heteroatoms. The number of β-amino-alcohol motifs (C(OH)–C–C–N with tert-alkyl or cyclic N) is 1. The van der Waals surface area contributed by atoms with Crippen LogP contribution in [0.25, 0.3) is 0 Å². The van der Waals surface area contributed by atoms with Crippen molar-refractivity contribution in [2.75, 3.05) is 39.3 Å². The van der Waals surface area contributed by atoms with E-state index < -0.39 is 0 Å². The van der Waals surface area contributed by atoms with Crippen LogP contribution in [0.15, 0.2) is 60.7 Å². The van der Waals surface area contributed by atoms with Gasteiger partial charge in [-0.3, -0.25) is 9.80 Å². The van der Waals surface area contributed by atoms with Gasteiger partial charge in [-0.15, -0.1) is 0 Å². The van der Waals surface area contributed by atoms with E-state index in [-0.39, 0.29) is 12.1 Å². The van der Waals surface area contributed by atoms with E-state index in [9.17, 15) is 5.11 Å². The molecule has 156 valence electrons. The number of hydrogen-bond acceptors (Lipinski definition) is 4. The first kappa shape index (κ1) is 20.5. The summed E-state index contributed by atoms with van der Waals surface area (Å²) in [5.74, 6) is 0. The molecule has 1 atom stereocenters. The first-order chi connectivity index (χ1) is 14.3. The highest BCUT2D eigenvalue weighted by Crippen LogP contribution is 2.29. The lowest BCUT2D eigenvalue weighted by molar-refractivity contribution is -0.0245. The van der Waals surface area contributed by atoms with Crippen molar-refractivity contribution < 1.29 is 9.84 Å². The minimum atomic E-state index is -0.388. The van der Waals surface area contributed by atoms with Gasteiger partial charge in [0.25, 0.3) is 0 Å². The molecule has 0 unspecified atom stereocenters. The summed E-state index contributed by atoms with van der Waals surface area (Å²) in [4.78, 5) is 4.95. The zero-order valence-corrected chi connectivity index (χ0v) is 17.3. The minimum absolute atomic E-state index is 0.287. The third kappa shape index (κ3) is 5.67. The van der Waals surface area contributed by atoms with Gasteiger partial charge in [-0.25, -0.2) is 0 Å². The van der Waals surface area contributed by atoms with Crippen molar-refractivity contribution in [1.82, 2.24) is 9.80 Å². The Hall–Kier alpha value is -1.72. The SMILES string of the molecule is O[C@@H](COC1CCCC1)CN1CCN(C(c2ccccc2)c2ccccc2)CC1. The number of ether oxygens (including phenoxy) is 1. The van der Waals surface area contributed by atoms with Crippen LogP contribution in [0, 0.1) is 0 Å². The van der Waals surface area contributed by atoms with Crippen molar-refractivity contribution >= 4 is 0 Å². The van der Waals surface area contributed by atoms with Crippen LogP contribution in [0.3, 0.4) is 0 Å². The summed E-state index contributed by atoms with van der Waals surface area (Å²) in [5, 5.41) is 10.4. The summed E-state index contributed by atoms with van der Waals surface area (Å²) < 4.78 is 5.89. The molecule has 1 N–H and O–H groups in total. The molecule has 2 fully saturated rings. The fourth-order valence-corrected chi connectivity index (χ4v) is 4.74.